The number of hydrogen-bond donors (Lipinski definition) is 1. The molecule has 0 atom stereocenters. The van der Waals surface area contributed by atoms with Gasteiger partial charge in [0.25, 0.3) is 5.22 Å². The summed E-state index contributed by atoms with van der Waals surface area (Å²) in [4.78, 5) is 22.6. The second-order valence-electron chi connectivity index (χ2n) is 3.91. The van der Waals surface area contributed by atoms with Gasteiger partial charge in [-0.25, -0.2) is 4.79 Å². The summed E-state index contributed by atoms with van der Waals surface area (Å²) in [6, 6.07) is 0.122. The highest BCUT2D eigenvalue weighted by atomic mass is 32.2. The van der Waals surface area contributed by atoms with Crippen LogP contribution in [0.1, 0.15) is 37.9 Å². The zero-order valence-electron chi connectivity index (χ0n) is 11.1. The molecule has 0 aliphatic carbocycles. The summed E-state index contributed by atoms with van der Waals surface area (Å²) in [6.45, 7) is 5.74. The number of amides is 1. The monoisotopic (exact) mass is 287 g/mol. The Hall–Kier alpha value is -1.57. The van der Waals surface area contributed by atoms with Crippen molar-refractivity contribution in [2.75, 3.05) is 12.4 Å². The highest BCUT2D eigenvalue weighted by Crippen LogP contribution is 2.17. The molecule has 1 heterocycles. The molecular weight excluding hydrogens is 270 g/mol. The first-order valence-corrected chi connectivity index (χ1v) is 6.94. The van der Waals surface area contributed by atoms with Crippen molar-refractivity contribution < 1.29 is 18.7 Å². The minimum absolute atomic E-state index is 0.0346. The minimum atomic E-state index is -0.639. The number of aromatic nitrogens is 2. The van der Waals surface area contributed by atoms with Crippen molar-refractivity contribution >= 4 is 23.6 Å². The van der Waals surface area contributed by atoms with Gasteiger partial charge in [0, 0.05) is 18.2 Å². The Balaban J connectivity index is 2.34. The molecule has 1 N–H and O–H groups in total. The lowest BCUT2D eigenvalue weighted by Gasteiger charge is -2.06. The molecule has 0 aromatic carbocycles. The highest BCUT2D eigenvalue weighted by Gasteiger charge is 2.16. The van der Waals surface area contributed by atoms with Crippen LogP contribution in [0.4, 0.5) is 0 Å². The maximum atomic E-state index is 11.4. The standard InChI is InChI=1S/C11H17N3O4S/c1-4-17-10(16)9-13-14-11(18-9)19-6-5-8(15)12-7(2)3/h7H,4-6H2,1-3H3,(H,12,15). The van der Waals surface area contributed by atoms with E-state index >= 15 is 0 Å². The lowest BCUT2D eigenvalue weighted by atomic mass is 10.3. The SMILES string of the molecule is CCOC(=O)c1nnc(SCCC(=O)NC(C)C)o1. The van der Waals surface area contributed by atoms with Crippen LogP contribution in [0.3, 0.4) is 0 Å². The van der Waals surface area contributed by atoms with Gasteiger partial charge in [0.05, 0.1) is 6.61 Å². The first-order valence-electron chi connectivity index (χ1n) is 5.95. The number of rotatable bonds is 7. The predicted octanol–water partition coefficient (Wildman–Crippen LogP) is 1.25. The number of carbonyl (C=O) groups excluding carboxylic acids is 2. The molecule has 1 aromatic heterocycles. The van der Waals surface area contributed by atoms with E-state index in [0.29, 0.717) is 12.2 Å². The third-order valence-electron chi connectivity index (χ3n) is 1.86. The number of thioether (sulfide) groups is 1. The molecule has 0 saturated heterocycles. The van der Waals surface area contributed by atoms with E-state index < -0.39 is 5.97 Å². The third-order valence-corrected chi connectivity index (χ3v) is 2.68. The van der Waals surface area contributed by atoms with Crippen LogP contribution in [0.25, 0.3) is 0 Å². The van der Waals surface area contributed by atoms with E-state index in [9.17, 15) is 9.59 Å². The lowest BCUT2D eigenvalue weighted by molar-refractivity contribution is -0.121. The van der Waals surface area contributed by atoms with Crippen LogP contribution in [0.2, 0.25) is 0 Å². The maximum Gasteiger partial charge on any atom is 0.396 e. The third kappa shape index (κ3) is 5.73. The molecule has 0 fully saturated rings. The second-order valence-corrected chi connectivity index (χ2v) is 4.96. The number of ether oxygens (including phenoxy) is 1. The summed E-state index contributed by atoms with van der Waals surface area (Å²) in [5.41, 5.74) is 0. The predicted molar refractivity (Wildman–Crippen MR) is 68.9 cm³/mol. The molecule has 0 radical (unpaired) electrons. The van der Waals surface area contributed by atoms with Crippen LogP contribution in [-0.2, 0) is 9.53 Å². The molecule has 1 aromatic rings. The van der Waals surface area contributed by atoms with E-state index in [1.54, 1.807) is 6.92 Å². The fraction of sp³-hybridized carbons (Fsp3) is 0.636. The van der Waals surface area contributed by atoms with Crippen molar-refractivity contribution in [1.82, 2.24) is 15.5 Å². The molecule has 19 heavy (non-hydrogen) atoms. The fourth-order valence-electron chi connectivity index (χ4n) is 1.17. The Labute approximate surface area is 115 Å². The van der Waals surface area contributed by atoms with Crippen molar-refractivity contribution in [3.05, 3.63) is 5.89 Å². The van der Waals surface area contributed by atoms with Crippen LogP contribution in [0.15, 0.2) is 9.64 Å². The summed E-state index contributed by atoms with van der Waals surface area (Å²) < 4.78 is 9.81. The number of hydrogen-bond acceptors (Lipinski definition) is 7. The van der Waals surface area contributed by atoms with Crippen molar-refractivity contribution in [3.8, 4) is 0 Å². The summed E-state index contributed by atoms with van der Waals surface area (Å²) >= 11 is 1.22. The van der Waals surface area contributed by atoms with Gasteiger partial charge in [0.1, 0.15) is 0 Å². The minimum Gasteiger partial charge on any atom is -0.459 e. The van der Waals surface area contributed by atoms with E-state index in [2.05, 4.69) is 15.5 Å². The number of esters is 1. The number of carbonyl (C=O) groups is 2. The zero-order chi connectivity index (χ0) is 14.3. The molecule has 1 rings (SSSR count). The van der Waals surface area contributed by atoms with Gasteiger partial charge in [0.15, 0.2) is 0 Å². The molecule has 0 saturated carbocycles. The Morgan fingerprint density at radius 1 is 1.42 bits per heavy atom. The van der Waals surface area contributed by atoms with E-state index in [-0.39, 0.29) is 29.7 Å². The van der Waals surface area contributed by atoms with Crippen molar-refractivity contribution in [3.63, 3.8) is 0 Å². The Morgan fingerprint density at radius 3 is 2.79 bits per heavy atom. The normalized spacial score (nSPS) is 10.5. The highest BCUT2D eigenvalue weighted by molar-refractivity contribution is 7.99. The van der Waals surface area contributed by atoms with E-state index in [1.165, 1.54) is 11.8 Å². The van der Waals surface area contributed by atoms with Crippen LogP contribution in [0.5, 0.6) is 0 Å². The van der Waals surface area contributed by atoms with E-state index in [4.69, 9.17) is 9.15 Å². The lowest BCUT2D eigenvalue weighted by Crippen LogP contribution is -2.30. The average Bonchev–Trinajstić information content (AvgIpc) is 2.77. The second kappa shape index (κ2) is 7.78. The van der Waals surface area contributed by atoms with Gasteiger partial charge in [-0.05, 0) is 20.8 Å². The summed E-state index contributed by atoms with van der Waals surface area (Å²) in [6.07, 6.45) is 0.347. The van der Waals surface area contributed by atoms with Gasteiger partial charge < -0.3 is 14.5 Å². The summed E-state index contributed by atoms with van der Waals surface area (Å²) in [5.74, 6) is -0.341. The van der Waals surface area contributed by atoms with Gasteiger partial charge >= 0.3 is 11.9 Å². The Kier molecular flexibility index (Phi) is 6.34. The first-order chi connectivity index (χ1) is 9.02. The van der Waals surface area contributed by atoms with Crippen molar-refractivity contribution in [2.45, 2.75) is 38.5 Å². The van der Waals surface area contributed by atoms with Crippen LogP contribution >= 0.6 is 11.8 Å². The largest absolute Gasteiger partial charge is 0.459 e. The molecule has 0 aliphatic rings. The summed E-state index contributed by atoms with van der Waals surface area (Å²) in [5, 5.41) is 10.3. The van der Waals surface area contributed by atoms with Crippen LogP contribution in [0, 0.1) is 0 Å². The molecule has 8 heteroatoms. The van der Waals surface area contributed by atoms with E-state index in [0.717, 1.165) is 0 Å². The van der Waals surface area contributed by atoms with Gasteiger partial charge in [0.2, 0.25) is 5.91 Å². The smallest absolute Gasteiger partial charge is 0.396 e. The maximum absolute atomic E-state index is 11.4. The summed E-state index contributed by atoms with van der Waals surface area (Å²) in [7, 11) is 0. The van der Waals surface area contributed by atoms with Gasteiger partial charge in [-0.1, -0.05) is 16.9 Å². The van der Waals surface area contributed by atoms with Crippen molar-refractivity contribution in [1.29, 1.82) is 0 Å². The Morgan fingerprint density at radius 2 is 2.16 bits per heavy atom. The van der Waals surface area contributed by atoms with Crippen LogP contribution in [-0.4, -0.2) is 40.5 Å². The van der Waals surface area contributed by atoms with Crippen LogP contribution < -0.4 is 5.32 Å². The van der Waals surface area contributed by atoms with Crippen molar-refractivity contribution in [2.24, 2.45) is 0 Å². The molecule has 0 unspecified atom stereocenters. The molecule has 0 spiro atoms. The topological polar surface area (TPSA) is 94.3 Å². The molecule has 0 bridgehead atoms. The Bertz CT molecular complexity index is 433. The van der Waals surface area contributed by atoms with Gasteiger partial charge in [-0.3, -0.25) is 4.79 Å². The first kappa shape index (κ1) is 15.5. The van der Waals surface area contributed by atoms with Gasteiger partial charge in [-0.2, -0.15) is 0 Å². The zero-order valence-corrected chi connectivity index (χ0v) is 12.0. The molecule has 7 nitrogen and oxygen atoms in total. The number of nitrogens with one attached hydrogen (secondary N) is 1. The van der Waals surface area contributed by atoms with Gasteiger partial charge in [-0.15, -0.1) is 5.10 Å². The fourth-order valence-corrected chi connectivity index (χ4v) is 1.87. The molecule has 0 aliphatic heterocycles. The molecule has 106 valence electrons. The quantitative estimate of drug-likeness (QED) is 0.595. The number of nitrogens with zero attached hydrogens (tertiary/aromatic N) is 2. The average molecular weight is 287 g/mol. The van der Waals surface area contributed by atoms with E-state index in [1.807, 2.05) is 13.8 Å². The molecule has 1 amide bonds. The molecular formula is C11H17N3O4S.